The Morgan fingerprint density at radius 1 is 1.52 bits per heavy atom. The van der Waals surface area contributed by atoms with Crippen LogP contribution in [0.1, 0.15) is 17.3 Å². The van der Waals surface area contributed by atoms with Crippen LogP contribution in [0.3, 0.4) is 0 Å². The molecule has 1 aromatic heterocycles. The normalized spacial score (nSPS) is 18.5. The lowest BCUT2D eigenvalue weighted by Gasteiger charge is -2.29. The van der Waals surface area contributed by atoms with Gasteiger partial charge in [0.25, 0.3) is 0 Å². The van der Waals surface area contributed by atoms with Crippen molar-refractivity contribution in [3.05, 3.63) is 17.0 Å². The Kier molecular flexibility index (Phi) is 5.33. The molecule has 0 saturated carbocycles. The standard InChI is InChI=1S/C12H18N2O5S2/c1-9(7-14-2-4-19-5-3-14)13-21(17,18)11-6-10(8-20-11)12(15)16/h6,8-9,13H,2-5,7H2,1H3,(H,15,16). The zero-order chi connectivity index (χ0) is 15.5. The molecule has 0 spiro atoms. The summed E-state index contributed by atoms with van der Waals surface area (Å²) in [4.78, 5) is 12.9. The average Bonchev–Trinajstić information content (AvgIpc) is 2.89. The second-order valence-electron chi connectivity index (χ2n) is 4.89. The molecule has 2 rings (SSSR count). The number of nitrogens with zero attached hydrogens (tertiary/aromatic N) is 1. The fourth-order valence-electron chi connectivity index (χ4n) is 2.10. The van der Waals surface area contributed by atoms with E-state index >= 15 is 0 Å². The van der Waals surface area contributed by atoms with Crippen molar-refractivity contribution >= 4 is 27.3 Å². The maximum atomic E-state index is 12.2. The van der Waals surface area contributed by atoms with Crippen LogP contribution in [0.25, 0.3) is 0 Å². The molecule has 118 valence electrons. The van der Waals surface area contributed by atoms with Crippen molar-refractivity contribution in [3.8, 4) is 0 Å². The first kappa shape index (κ1) is 16.4. The summed E-state index contributed by atoms with van der Waals surface area (Å²) in [7, 11) is -3.68. The Morgan fingerprint density at radius 2 is 2.19 bits per heavy atom. The lowest BCUT2D eigenvalue weighted by molar-refractivity contribution is 0.0354. The Balaban J connectivity index is 1.97. The summed E-state index contributed by atoms with van der Waals surface area (Å²) in [5.41, 5.74) is -0.0128. The number of thiophene rings is 1. The van der Waals surface area contributed by atoms with E-state index in [2.05, 4.69) is 9.62 Å². The minimum absolute atomic E-state index is 0.0128. The Hall–Kier alpha value is -1.00. The number of hydrogen-bond acceptors (Lipinski definition) is 6. The predicted octanol–water partition coefficient (Wildman–Crippen LogP) is 0.445. The summed E-state index contributed by atoms with van der Waals surface area (Å²) in [5, 5.41) is 10.2. The zero-order valence-corrected chi connectivity index (χ0v) is 13.2. The largest absolute Gasteiger partial charge is 0.478 e. The summed E-state index contributed by atoms with van der Waals surface area (Å²) in [6.07, 6.45) is 0. The third-order valence-electron chi connectivity index (χ3n) is 3.08. The highest BCUT2D eigenvalue weighted by Crippen LogP contribution is 2.20. The number of nitrogens with one attached hydrogen (secondary N) is 1. The van der Waals surface area contributed by atoms with Crippen LogP contribution in [-0.4, -0.2) is 63.3 Å². The Bertz CT molecular complexity index is 593. The van der Waals surface area contributed by atoms with Crippen molar-refractivity contribution in [1.82, 2.24) is 9.62 Å². The molecule has 1 aliphatic rings. The summed E-state index contributed by atoms with van der Waals surface area (Å²) >= 11 is 0.908. The third kappa shape index (κ3) is 4.48. The van der Waals surface area contributed by atoms with E-state index < -0.39 is 16.0 Å². The van der Waals surface area contributed by atoms with Crippen molar-refractivity contribution in [2.75, 3.05) is 32.8 Å². The summed E-state index contributed by atoms with van der Waals surface area (Å²) in [5.74, 6) is -1.13. The van der Waals surface area contributed by atoms with Crippen LogP contribution in [0.4, 0.5) is 0 Å². The van der Waals surface area contributed by atoms with Crippen LogP contribution < -0.4 is 4.72 Å². The lowest BCUT2D eigenvalue weighted by atomic mass is 10.3. The van der Waals surface area contributed by atoms with Gasteiger partial charge in [0.05, 0.1) is 18.8 Å². The molecule has 1 aromatic rings. The van der Waals surface area contributed by atoms with E-state index in [4.69, 9.17) is 9.84 Å². The fourth-order valence-corrected chi connectivity index (χ4v) is 4.51. The maximum Gasteiger partial charge on any atom is 0.336 e. The van der Waals surface area contributed by atoms with Crippen molar-refractivity contribution < 1.29 is 23.1 Å². The van der Waals surface area contributed by atoms with Crippen molar-refractivity contribution in [2.24, 2.45) is 0 Å². The number of sulfonamides is 1. The minimum Gasteiger partial charge on any atom is -0.478 e. The smallest absolute Gasteiger partial charge is 0.336 e. The summed E-state index contributed by atoms with van der Waals surface area (Å²) in [6.45, 7) is 5.28. The SMILES string of the molecule is CC(CN1CCOCC1)NS(=O)(=O)c1cc(C(=O)O)cs1. The van der Waals surface area contributed by atoms with E-state index in [9.17, 15) is 13.2 Å². The highest BCUT2D eigenvalue weighted by Gasteiger charge is 2.22. The quantitative estimate of drug-likeness (QED) is 0.784. The number of rotatable bonds is 6. The van der Waals surface area contributed by atoms with Gasteiger partial charge in [-0.05, 0) is 13.0 Å². The van der Waals surface area contributed by atoms with Gasteiger partial charge in [-0.15, -0.1) is 11.3 Å². The first-order valence-corrected chi connectivity index (χ1v) is 8.89. The number of aromatic carboxylic acids is 1. The van der Waals surface area contributed by atoms with Gasteiger partial charge in [0.15, 0.2) is 0 Å². The van der Waals surface area contributed by atoms with Crippen LogP contribution >= 0.6 is 11.3 Å². The number of carboxylic acid groups (broad SMARTS) is 1. The molecule has 1 fully saturated rings. The molecular weight excluding hydrogens is 316 g/mol. The number of morpholine rings is 1. The fraction of sp³-hybridized carbons (Fsp3) is 0.583. The molecule has 1 aliphatic heterocycles. The average molecular weight is 334 g/mol. The first-order valence-electron chi connectivity index (χ1n) is 6.53. The van der Waals surface area contributed by atoms with Gasteiger partial charge in [0, 0.05) is 31.1 Å². The van der Waals surface area contributed by atoms with Gasteiger partial charge in [-0.25, -0.2) is 17.9 Å². The van der Waals surface area contributed by atoms with Gasteiger partial charge in [0.2, 0.25) is 10.0 Å². The Morgan fingerprint density at radius 3 is 2.76 bits per heavy atom. The molecular formula is C12H18N2O5S2. The second-order valence-corrected chi connectivity index (χ2v) is 7.75. The maximum absolute atomic E-state index is 12.2. The highest BCUT2D eigenvalue weighted by atomic mass is 32.2. The van der Waals surface area contributed by atoms with Gasteiger partial charge < -0.3 is 9.84 Å². The molecule has 0 amide bonds. The molecule has 2 heterocycles. The van der Waals surface area contributed by atoms with Crippen molar-refractivity contribution in [1.29, 1.82) is 0 Å². The molecule has 0 aliphatic carbocycles. The minimum atomic E-state index is -3.68. The van der Waals surface area contributed by atoms with Gasteiger partial charge >= 0.3 is 5.97 Å². The van der Waals surface area contributed by atoms with E-state index in [1.807, 2.05) is 0 Å². The highest BCUT2D eigenvalue weighted by molar-refractivity contribution is 7.91. The van der Waals surface area contributed by atoms with E-state index in [1.54, 1.807) is 6.92 Å². The molecule has 1 unspecified atom stereocenters. The topological polar surface area (TPSA) is 95.9 Å². The number of ether oxygens (including phenoxy) is 1. The Labute approximate surface area is 127 Å². The van der Waals surface area contributed by atoms with Crippen LogP contribution in [0.5, 0.6) is 0 Å². The second kappa shape index (κ2) is 6.84. The predicted molar refractivity (Wildman–Crippen MR) is 78.3 cm³/mol. The van der Waals surface area contributed by atoms with Crippen LogP contribution in [0.15, 0.2) is 15.7 Å². The van der Waals surface area contributed by atoms with E-state index in [0.717, 1.165) is 24.4 Å². The number of hydrogen-bond donors (Lipinski definition) is 2. The first-order chi connectivity index (χ1) is 9.88. The van der Waals surface area contributed by atoms with E-state index in [0.29, 0.717) is 19.8 Å². The molecule has 9 heteroatoms. The lowest BCUT2D eigenvalue weighted by Crippen LogP contribution is -2.45. The van der Waals surface area contributed by atoms with Crippen LogP contribution in [0, 0.1) is 0 Å². The third-order valence-corrected chi connectivity index (χ3v) is 6.11. The van der Waals surface area contributed by atoms with Crippen molar-refractivity contribution in [3.63, 3.8) is 0 Å². The van der Waals surface area contributed by atoms with Gasteiger partial charge in [0.1, 0.15) is 4.21 Å². The molecule has 0 bridgehead atoms. The molecule has 0 radical (unpaired) electrons. The molecule has 0 aromatic carbocycles. The monoisotopic (exact) mass is 334 g/mol. The van der Waals surface area contributed by atoms with Crippen LogP contribution in [0.2, 0.25) is 0 Å². The van der Waals surface area contributed by atoms with Crippen LogP contribution in [-0.2, 0) is 14.8 Å². The zero-order valence-electron chi connectivity index (χ0n) is 11.6. The van der Waals surface area contributed by atoms with E-state index in [-0.39, 0.29) is 15.8 Å². The molecule has 7 nitrogen and oxygen atoms in total. The van der Waals surface area contributed by atoms with Gasteiger partial charge in [-0.3, -0.25) is 4.90 Å². The van der Waals surface area contributed by atoms with Gasteiger partial charge in [-0.1, -0.05) is 0 Å². The summed E-state index contributed by atoms with van der Waals surface area (Å²) in [6, 6.07) is 0.917. The number of carbonyl (C=O) groups is 1. The van der Waals surface area contributed by atoms with Gasteiger partial charge in [-0.2, -0.15) is 0 Å². The summed E-state index contributed by atoms with van der Waals surface area (Å²) < 4.78 is 32.2. The number of carboxylic acids is 1. The molecule has 1 atom stereocenters. The van der Waals surface area contributed by atoms with Crippen molar-refractivity contribution in [2.45, 2.75) is 17.2 Å². The molecule has 21 heavy (non-hydrogen) atoms. The molecule has 1 saturated heterocycles. The van der Waals surface area contributed by atoms with E-state index in [1.165, 1.54) is 11.4 Å². The molecule has 2 N–H and O–H groups in total.